The monoisotopic (exact) mass is 333 g/mol. The molecule has 0 bridgehead atoms. The van der Waals surface area contributed by atoms with Crippen molar-refractivity contribution < 1.29 is 13.9 Å². The number of likely N-dealkylation sites (N-methyl/N-ethyl adjacent to an activating group) is 1. The van der Waals surface area contributed by atoms with Crippen LogP contribution in [0, 0.1) is 5.82 Å². The van der Waals surface area contributed by atoms with E-state index in [1.165, 1.54) is 12.1 Å². The quantitative estimate of drug-likeness (QED) is 0.752. The zero-order valence-electron chi connectivity index (χ0n) is 13.1. The van der Waals surface area contributed by atoms with E-state index >= 15 is 0 Å². The lowest BCUT2D eigenvalue weighted by molar-refractivity contribution is 0.0669. The maximum absolute atomic E-state index is 12.9. The van der Waals surface area contributed by atoms with Crippen LogP contribution in [-0.2, 0) is 0 Å². The first-order valence-corrected chi connectivity index (χ1v) is 8.64. The molecule has 5 heteroatoms. The zero-order chi connectivity index (χ0) is 16.1. The number of fused-ring (bicyclic) bond motifs is 1. The van der Waals surface area contributed by atoms with E-state index in [1.807, 2.05) is 36.4 Å². The number of rotatable bonds is 6. The number of hydrogen-bond acceptors (Lipinski definition) is 4. The third kappa shape index (κ3) is 4.62. The van der Waals surface area contributed by atoms with Gasteiger partial charge in [-0.2, -0.15) is 0 Å². The van der Waals surface area contributed by atoms with Crippen LogP contribution in [0.15, 0.2) is 53.4 Å². The molecule has 3 rings (SSSR count). The van der Waals surface area contributed by atoms with Gasteiger partial charge >= 0.3 is 0 Å². The van der Waals surface area contributed by atoms with Crippen LogP contribution in [0.5, 0.6) is 11.5 Å². The summed E-state index contributed by atoms with van der Waals surface area (Å²) < 4.78 is 24.6. The fraction of sp³-hybridized carbons (Fsp3) is 0.333. The second-order valence-corrected chi connectivity index (χ2v) is 6.73. The van der Waals surface area contributed by atoms with Gasteiger partial charge in [-0.3, -0.25) is 0 Å². The molecular formula is C18H20FNO2S. The van der Waals surface area contributed by atoms with E-state index < -0.39 is 0 Å². The van der Waals surface area contributed by atoms with E-state index in [1.54, 1.807) is 11.8 Å². The summed E-state index contributed by atoms with van der Waals surface area (Å²) in [6, 6.07) is 14.4. The first-order chi connectivity index (χ1) is 11.2. The van der Waals surface area contributed by atoms with E-state index in [-0.39, 0.29) is 11.9 Å². The molecule has 1 heterocycles. The Morgan fingerprint density at radius 1 is 1.13 bits per heavy atom. The lowest BCUT2D eigenvalue weighted by Crippen LogP contribution is -2.40. The number of thioether (sulfide) groups is 1. The van der Waals surface area contributed by atoms with Crippen molar-refractivity contribution in [3.63, 3.8) is 0 Å². The predicted molar refractivity (Wildman–Crippen MR) is 91.0 cm³/mol. The van der Waals surface area contributed by atoms with Crippen LogP contribution in [0.3, 0.4) is 0 Å². The molecule has 0 saturated carbocycles. The van der Waals surface area contributed by atoms with Gasteiger partial charge in [0.25, 0.3) is 0 Å². The van der Waals surface area contributed by atoms with Crippen LogP contribution >= 0.6 is 11.8 Å². The minimum absolute atomic E-state index is 0.0470. The minimum atomic E-state index is -0.193. The van der Waals surface area contributed by atoms with Crippen molar-refractivity contribution in [2.45, 2.75) is 11.0 Å². The Balaban J connectivity index is 1.41. The van der Waals surface area contributed by atoms with Crippen molar-refractivity contribution in [2.75, 3.05) is 32.5 Å². The molecule has 0 spiro atoms. The van der Waals surface area contributed by atoms with Gasteiger partial charge in [0.15, 0.2) is 11.5 Å². The second kappa shape index (κ2) is 7.70. The smallest absolute Gasteiger partial charge is 0.161 e. The SMILES string of the molecule is CN(CCSc1ccc(F)cc1)CC1COc2ccccc2O1. The highest BCUT2D eigenvalue weighted by Gasteiger charge is 2.21. The minimum Gasteiger partial charge on any atom is -0.486 e. The molecule has 0 amide bonds. The number of nitrogens with zero attached hydrogens (tertiary/aromatic N) is 1. The van der Waals surface area contributed by atoms with Gasteiger partial charge in [-0.1, -0.05) is 12.1 Å². The van der Waals surface area contributed by atoms with Crippen molar-refractivity contribution >= 4 is 11.8 Å². The average Bonchev–Trinajstić information content (AvgIpc) is 2.56. The highest BCUT2D eigenvalue weighted by molar-refractivity contribution is 7.99. The summed E-state index contributed by atoms with van der Waals surface area (Å²) in [5.41, 5.74) is 0. The van der Waals surface area contributed by atoms with Gasteiger partial charge in [0.2, 0.25) is 0 Å². The number of para-hydroxylation sites is 2. The summed E-state index contributed by atoms with van der Waals surface area (Å²) in [4.78, 5) is 3.32. The molecule has 0 saturated heterocycles. The highest BCUT2D eigenvalue weighted by Crippen LogP contribution is 2.31. The first kappa shape index (κ1) is 16.1. The van der Waals surface area contributed by atoms with E-state index in [9.17, 15) is 4.39 Å². The Kier molecular flexibility index (Phi) is 5.41. The van der Waals surface area contributed by atoms with Gasteiger partial charge < -0.3 is 14.4 Å². The molecule has 1 atom stereocenters. The van der Waals surface area contributed by atoms with Crippen molar-refractivity contribution in [3.8, 4) is 11.5 Å². The van der Waals surface area contributed by atoms with Crippen LogP contribution in [0.1, 0.15) is 0 Å². The first-order valence-electron chi connectivity index (χ1n) is 7.66. The lowest BCUT2D eigenvalue weighted by atomic mass is 10.2. The Bertz CT molecular complexity index is 635. The Morgan fingerprint density at radius 3 is 2.65 bits per heavy atom. The molecule has 1 aliphatic rings. The summed E-state index contributed by atoms with van der Waals surface area (Å²) in [6.07, 6.45) is 0.0470. The van der Waals surface area contributed by atoms with Gasteiger partial charge in [-0.15, -0.1) is 11.8 Å². The van der Waals surface area contributed by atoms with E-state index in [2.05, 4.69) is 11.9 Å². The van der Waals surface area contributed by atoms with Crippen LogP contribution in [-0.4, -0.2) is 43.5 Å². The summed E-state index contributed by atoms with van der Waals surface area (Å²) in [7, 11) is 2.08. The standard InChI is InChI=1S/C18H20FNO2S/c1-20(10-11-23-16-8-6-14(19)7-9-16)12-15-13-21-17-4-2-3-5-18(17)22-15/h2-9,15H,10-13H2,1H3. The van der Waals surface area contributed by atoms with E-state index in [0.717, 1.165) is 35.2 Å². The molecule has 2 aromatic carbocycles. The largest absolute Gasteiger partial charge is 0.486 e. The van der Waals surface area contributed by atoms with Crippen molar-refractivity contribution in [1.82, 2.24) is 4.90 Å². The molecule has 1 unspecified atom stereocenters. The topological polar surface area (TPSA) is 21.7 Å². The summed E-state index contributed by atoms with van der Waals surface area (Å²) in [6.45, 7) is 2.33. The normalized spacial score (nSPS) is 16.6. The van der Waals surface area contributed by atoms with Crippen LogP contribution in [0.2, 0.25) is 0 Å². The van der Waals surface area contributed by atoms with E-state index in [4.69, 9.17) is 9.47 Å². The molecule has 0 fully saturated rings. The molecule has 122 valence electrons. The van der Waals surface area contributed by atoms with Gasteiger partial charge in [0, 0.05) is 23.7 Å². The molecule has 0 radical (unpaired) electrons. The Labute approximate surface area is 140 Å². The van der Waals surface area contributed by atoms with Crippen LogP contribution in [0.25, 0.3) is 0 Å². The lowest BCUT2D eigenvalue weighted by Gasteiger charge is -2.29. The molecule has 23 heavy (non-hydrogen) atoms. The summed E-state index contributed by atoms with van der Waals surface area (Å²) in [5.74, 6) is 2.39. The van der Waals surface area contributed by atoms with Gasteiger partial charge in [-0.05, 0) is 43.4 Å². The predicted octanol–water partition coefficient (Wildman–Crippen LogP) is 3.69. The van der Waals surface area contributed by atoms with E-state index in [0.29, 0.717) is 6.61 Å². The third-order valence-electron chi connectivity index (χ3n) is 3.64. The highest BCUT2D eigenvalue weighted by atomic mass is 32.2. The summed E-state index contributed by atoms with van der Waals surface area (Å²) in [5, 5.41) is 0. The summed E-state index contributed by atoms with van der Waals surface area (Å²) >= 11 is 1.73. The maximum Gasteiger partial charge on any atom is 0.161 e. The molecule has 0 N–H and O–H groups in total. The molecule has 3 nitrogen and oxygen atoms in total. The van der Waals surface area contributed by atoms with Crippen LogP contribution in [0.4, 0.5) is 4.39 Å². The number of benzene rings is 2. The molecule has 1 aliphatic heterocycles. The van der Waals surface area contributed by atoms with Gasteiger partial charge in [0.1, 0.15) is 18.5 Å². The van der Waals surface area contributed by atoms with Crippen molar-refractivity contribution in [2.24, 2.45) is 0 Å². The van der Waals surface area contributed by atoms with Gasteiger partial charge in [0.05, 0.1) is 0 Å². The maximum atomic E-state index is 12.9. The molecule has 0 aliphatic carbocycles. The zero-order valence-corrected chi connectivity index (χ0v) is 13.9. The van der Waals surface area contributed by atoms with Gasteiger partial charge in [-0.25, -0.2) is 4.39 Å². The number of halogens is 1. The molecular weight excluding hydrogens is 313 g/mol. The van der Waals surface area contributed by atoms with Crippen LogP contribution < -0.4 is 9.47 Å². The fourth-order valence-corrected chi connectivity index (χ4v) is 3.41. The van der Waals surface area contributed by atoms with Crippen molar-refractivity contribution in [1.29, 1.82) is 0 Å². The second-order valence-electron chi connectivity index (χ2n) is 5.56. The average molecular weight is 333 g/mol. The third-order valence-corrected chi connectivity index (χ3v) is 4.63. The number of ether oxygens (including phenoxy) is 2. The van der Waals surface area contributed by atoms with Crippen molar-refractivity contribution in [3.05, 3.63) is 54.3 Å². The fourth-order valence-electron chi connectivity index (χ4n) is 2.44. The Morgan fingerprint density at radius 2 is 1.87 bits per heavy atom. The Hall–Kier alpha value is -1.72. The number of hydrogen-bond donors (Lipinski definition) is 0. The molecule has 2 aromatic rings. The molecule has 0 aromatic heterocycles.